The molecule has 0 saturated carbocycles. The fourth-order valence-electron chi connectivity index (χ4n) is 12.4. The third kappa shape index (κ3) is 6.71. The Balaban J connectivity index is 1.05. The lowest BCUT2D eigenvalue weighted by Gasteiger charge is -2.35. The summed E-state index contributed by atoms with van der Waals surface area (Å²) in [7, 11) is -3.05. The molecule has 4 heterocycles. The highest BCUT2D eigenvalue weighted by molar-refractivity contribution is 7.20. The zero-order valence-electron chi connectivity index (χ0n) is 41.4. The topological polar surface area (TPSA) is 40.6 Å². The molecule has 0 atom stereocenters. The van der Waals surface area contributed by atoms with E-state index in [1.165, 1.54) is 48.0 Å². The molecule has 356 valence electrons. The smallest absolute Gasteiger partial charge is 0.237 e. The van der Waals surface area contributed by atoms with Gasteiger partial charge in [-0.2, -0.15) is 4.98 Å². The molecule has 76 heavy (non-hydrogen) atoms. The minimum absolute atomic E-state index is 0.597. The zero-order chi connectivity index (χ0) is 50.2. The molecule has 0 fully saturated rings. The van der Waals surface area contributed by atoms with Gasteiger partial charge in [0.2, 0.25) is 5.95 Å². The summed E-state index contributed by atoms with van der Waals surface area (Å²) in [6.07, 6.45) is 0. The quantitative estimate of drug-likeness (QED) is 0.107. The number of rotatable bonds is 9. The molecule has 4 aromatic heterocycles. The maximum Gasteiger partial charge on any atom is 0.237 e. The van der Waals surface area contributed by atoms with E-state index < -0.39 is 8.07 Å². The van der Waals surface area contributed by atoms with Crippen molar-refractivity contribution in [1.29, 1.82) is 0 Å². The van der Waals surface area contributed by atoms with Crippen molar-refractivity contribution < 1.29 is 0 Å². The van der Waals surface area contributed by atoms with Gasteiger partial charge < -0.3 is 4.57 Å². The lowest BCUT2D eigenvalue weighted by molar-refractivity contribution is 0.953. The molecule has 0 aliphatic carbocycles. The lowest BCUT2D eigenvalue weighted by atomic mass is 10.1. The van der Waals surface area contributed by atoms with Crippen molar-refractivity contribution in [3.63, 3.8) is 0 Å². The van der Waals surface area contributed by atoms with Crippen LogP contribution in [0, 0.1) is 0 Å². The molecular weight excluding hydrogens is 939 g/mol. The molecule has 0 bridgehead atoms. The van der Waals surface area contributed by atoms with E-state index >= 15 is 0 Å². The maximum atomic E-state index is 5.81. The van der Waals surface area contributed by atoms with Crippen LogP contribution in [-0.2, 0) is 0 Å². The van der Waals surface area contributed by atoms with E-state index in [9.17, 15) is 0 Å². The fraction of sp³-hybridized carbons (Fsp3) is 0. The maximum absolute atomic E-state index is 5.81. The van der Waals surface area contributed by atoms with Gasteiger partial charge in [0.15, 0.2) is 8.07 Å². The molecular formula is C70H47N5Si. The third-order valence-electron chi connectivity index (χ3n) is 15.6. The molecule has 0 aliphatic heterocycles. The normalized spacial score (nSPS) is 11.9. The SMILES string of the molecule is c1ccc(-c2cccc([Si](c3ccccc3)(c3ccccc3)c3cccc(-c4cc(-n5c6ccccc6c6ccccc65)nc(-n5c6ccccc6c6ccc7c(c8ccccc8n7-c7ccccc7)c65)n4)c3)c2)cc1. The number of nitrogens with zero attached hydrogens (tertiary/aromatic N) is 5. The Kier molecular flexibility index (Phi) is 10.1. The van der Waals surface area contributed by atoms with Gasteiger partial charge in [-0.3, -0.25) is 9.13 Å². The van der Waals surface area contributed by atoms with Crippen LogP contribution in [0.2, 0.25) is 0 Å². The summed E-state index contributed by atoms with van der Waals surface area (Å²) < 4.78 is 7.06. The Hall–Kier alpha value is -9.88. The van der Waals surface area contributed by atoms with Crippen molar-refractivity contribution in [3.8, 4) is 39.8 Å². The predicted molar refractivity (Wildman–Crippen MR) is 320 cm³/mol. The van der Waals surface area contributed by atoms with Crippen LogP contribution in [0.5, 0.6) is 0 Å². The molecule has 0 N–H and O–H groups in total. The average molecular weight is 986 g/mol. The van der Waals surface area contributed by atoms with E-state index in [1.54, 1.807) is 0 Å². The second kappa shape index (κ2) is 17.7. The number of hydrogen-bond acceptors (Lipinski definition) is 2. The number of para-hydroxylation sites is 5. The molecule has 5 nitrogen and oxygen atoms in total. The summed E-state index contributed by atoms with van der Waals surface area (Å²) in [5.41, 5.74) is 11.9. The Morgan fingerprint density at radius 1 is 0.276 bits per heavy atom. The van der Waals surface area contributed by atoms with Gasteiger partial charge in [0.25, 0.3) is 0 Å². The van der Waals surface area contributed by atoms with Crippen molar-refractivity contribution >= 4 is 94.2 Å². The highest BCUT2D eigenvalue weighted by Gasteiger charge is 2.42. The number of aromatic nitrogens is 5. The van der Waals surface area contributed by atoms with Gasteiger partial charge >= 0.3 is 0 Å². The summed E-state index contributed by atoms with van der Waals surface area (Å²) in [5, 5.41) is 12.1. The minimum Gasteiger partial charge on any atom is -0.309 e. The first-order chi connectivity index (χ1) is 37.7. The van der Waals surface area contributed by atoms with Crippen molar-refractivity contribution in [2.45, 2.75) is 0 Å². The first-order valence-corrected chi connectivity index (χ1v) is 28.0. The molecule has 0 spiro atoms. The first-order valence-electron chi connectivity index (χ1n) is 26.0. The van der Waals surface area contributed by atoms with Crippen molar-refractivity contribution in [1.82, 2.24) is 23.7 Å². The summed E-state index contributed by atoms with van der Waals surface area (Å²) >= 11 is 0. The third-order valence-corrected chi connectivity index (χ3v) is 20.4. The van der Waals surface area contributed by atoms with Gasteiger partial charge in [-0.25, -0.2) is 4.98 Å². The molecule has 0 saturated heterocycles. The minimum atomic E-state index is -3.05. The van der Waals surface area contributed by atoms with Gasteiger partial charge in [0.1, 0.15) is 5.82 Å². The van der Waals surface area contributed by atoms with Gasteiger partial charge in [-0.05, 0) is 74.3 Å². The van der Waals surface area contributed by atoms with Crippen LogP contribution in [-0.4, -0.2) is 31.7 Å². The second-order valence-corrected chi connectivity index (χ2v) is 23.5. The second-order valence-electron chi connectivity index (χ2n) is 19.7. The summed E-state index contributed by atoms with van der Waals surface area (Å²) in [6, 6.07) is 104. The highest BCUT2D eigenvalue weighted by Crippen LogP contribution is 2.42. The molecule has 0 amide bonds. The van der Waals surface area contributed by atoms with E-state index in [0.29, 0.717) is 5.95 Å². The summed E-state index contributed by atoms with van der Waals surface area (Å²) in [5.74, 6) is 1.39. The summed E-state index contributed by atoms with van der Waals surface area (Å²) in [4.78, 5) is 11.6. The highest BCUT2D eigenvalue weighted by atomic mass is 28.3. The fourth-order valence-corrected chi connectivity index (χ4v) is 17.2. The first kappa shape index (κ1) is 43.7. The lowest BCUT2D eigenvalue weighted by Crippen LogP contribution is -2.74. The largest absolute Gasteiger partial charge is 0.309 e. The Labute approximate surface area is 440 Å². The Morgan fingerprint density at radius 2 is 0.724 bits per heavy atom. The molecule has 0 aliphatic rings. The van der Waals surface area contributed by atoms with Gasteiger partial charge in [0, 0.05) is 49.6 Å². The van der Waals surface area contributed by atoms with Crippen LogP contribution < -0.4 is 20.7 Å². The number of hydrogen-bond donors (Lipinski definition) is 0. The summed E-state index contributed by atoms with van der Waals surface area (Å²) in [6.45, 7) is 0. The van der Waals surface area contributed by atoms with E-state index in [-0.39, 0.29) is 0 Å². The average Bonchev–Trinajstić information content (AvgIpc) is 4.16. The van der Waals surface area contributed by atoms with E-state index in [0.717, 1.165) is 72.0 Å². The monoisotopic (exact) mass is 985 g/mol. The molecule has 15 rings (SSSR count). The molecule has 0 radical (unpaired) electrons. The Morgan fingerprint density at radius 3 is 1.33 bits per heavy atom. The standard InChI is InChI=1S/C70H47N5Si/c1-5-23-48(24-6-1)49-25-21-33-54(45-49)76(52-29-9-3-10-30-52,53-31-11-4-12-32-53)55-34-22-26-50(46-55)61-47-67(74-62-39-17-13-35-56(62)57-36-14-18-40-63(57)74)72-70(71-61)75-64-41-19-15-37-58(64)59-43-44-66-68(69(59)75)60-38-16-20-42-65(60)73(66)51-27-7-2-8-28-51/h1-47H. The van der Waals surface area contributed by atoms with E-state index in [2.05, 4.69) is 299 Å². The van der Waals surface area contributed by atoms with Crippen LogP contribution in [0.3, 0.4) is 0 Å². The van der Waals surface area contributed by atoms with Crippen molar-refractivity contribution in [3.05, 3.63) is 285 Å². The molecule has 15 aromatic rings. The Bertz CT molecular complexity index is 4600. The van der Waals surface area contributed by atoms with Crippen LogP contribution >= 0.6 is 0 Å². The van der Waals surface area contributed by atoms with Gasteiger partial charge in [-0.1, -0.05) is 237 Å². The van der Waals surface area contributed by atoms with Crippen LogP contribution in [0.4, 0.5) is 0 Å². The van der Waals surface area contributed by atoms with Crippen LogP contribution in [0.25, 0.3) is 105 Å². The van der Waals surface area contributed by atoms with E-state index in [1.807, 2.05) is 0 Å². The molecule has 6 heteroatoms. The van der Waals surface area contributed by atoms with Gasteiger partial charge in [-0.15, -0.1) is 0 Å². The number of fused-ring (bicyclic) bond motifs is 10. The van der Waals surface area contributed by atoms with Crippen LogP contribution in [0.1, 0.15) is 0 Å². The number of benzene rings is 11. The van der Waals surface area contributed by atoms with Gasteiger partial charge in [0.05, 0.1) is 38.8 Å². The molecule has 11 aromatic carbocycles. The predicted octanol–water partition coefficient (Wildman–Crippen LogP) is 14.5. The van der Waals surface area contributed by atoms with E-state index in [4.69, 9.17) is 9.97 Å². The zero-order valence-corrected chi connectivity index (χ0v) is 42.4. The van der Waals surface area contributed by atoms with Crippen molar-refractivity contribution in [2.24, 2.45) is 0 Å². The van der Waals surface area contributed by atoms with Crippen LogP contribution in [0.15, 0.2) is 285 Å². The molecule has 0 unspecified atom stereocenters. The van der Waals surface area contributed by atoms with Crippen molar-refractivity contribution in [2.75, 3.05) is 0 Å².